The first kappa shape index (κ1) is 21.1. The van der Waals surface area contributed by atoms with Crippen LogP contribution in [-0.4, -0.2) is 50.3 Å². The van der Waals surface area contributed by atoms with Gasteiger partial charge in [-0.25, -0.2) is 0 Å². The Labute approximate surface area is 173 Å². The van der Waals surface area contributed by atoms with Crippen LogP contribution in [0.5, 0.6) is 5.75 Å². The van der Waals surface area contributed by atoms with Crippen LogP contribution < -0.4 is 15.4 Å². The second-order valence-corrected chi connectivity index (χ2v) is 7.40. The highest BCUT2D eigenvalue weighted by Crippen LogP contribution is 2.17. The summed E-state index contributed by atoms with van der Waals surface area (Å²) < 4.78 is 11.2. The van der Waals surface area contributed by atoms with E-state index < -0.39 is 0 Å². The molecule has 0 aliphatic carbocycles. The number of benzene rings is 2. The highest BCUT2D eigenvalue weighted by molar-refractivity contribution is 5.93. The zero-order chi connectivity index (χ0) is 20.5. The molecular formula is C23H32N4O2. The Bertz CT molecular complexity index is 784. The lowest BCUT2D eigenvalue weighted by Crippen LogP contribution is -2.36. The predicted molar refractivity (Wildman–Crippen MR) is 119 cm³/mol. The van der Waals surface area contributed by atoms with Gasteiger partial charge >= 0.3 is 0 Å². The third-order valence-electron chi connectivity index (χ3n) is 4.77. The summed E-state index contributed by atoms with van der Waals surface area (Å²) in [7, 11) is 1.78. The fourth-order valence-corrected chi connectivity index (χ4v) is 3.27. The van der Waals surface area contributed by atoms with Crippen molar-refractivity contribution in [3.05, 3.63) is 59.7 Å². The van der Waals surface area contributed by atoms with E-state index in [1.165, 1.54) is 11.1 Å². The Hall–Kier alpha value is -2.57. The number of guanidine groups is 1. The molecule has 2 aromatic carbocycles. The lowest BCUT2D eigenvalue weighted by atomic mass is 10.1. The molecular weight excluding hydrogens is 364 g/mol. The quantitative estimate of drug-likeness (QED) is 0.554. The molecule has 3 rings (SSSR count). The van der Waals surface area contributed by atoms with Crippen molar-refractivity contribution in [1.29, 1.82) is 0 Å². The van der Waals surface area contributed by atoms with Crippen molar-refractivity contribution in [3.8, 4) is 5.75 Å². The number of anilines is 1. The molecule has 156 valence electrons. The third-order valence-corrected chi connectivity index (χ3v) is 4.77. The van der Waals surface area contributed by atoms with E-state index in [1.54, 1.807) is 7.05 Å². The molecule has 0 aromatic heterocycles. The standard InChI is InChI=1S/C23H32N4O2/c1-18(2)29-22-10-8-21(9-11-22)26-23(24-3)25-16-19-6-4-5-7-20(19)17-27-12-14-28-15-13-27/h4-11,18H,12-17H2,1-3H3,(H2,24,25,26). The topological polar surface area (TPSA) is 58.1 Å². The fourth-order valence-electron chi connectivity index (χ4n) is 3.27. The first-order valence-electron chi connectivity index (χ1n) is 10.3. The molecule has 1 heterocycles. The normalized spacial score (nSPS) is 15.4. The summed E-state index contributed by atoms with van der Waals surface area (Å²) in [6, 6.07) is 16.5. The van der Waals surface area contributed by atoms with Crippen LogP contribution >= 0.6 is 0 Å². The summed E-state index contributed by atoms with van der Waals surface area (Å²) in [6.07, 6.45) is 0.167. The van der Waals surface area contributed by atoms with Crippen LogP contribution in [0.25, 0.3) is 0 Å². The first-order chi connectivity index (χ1) is 14.1. The van der Waals surface area contributed by atoms with E-state index in [2.05, 4.69) is 44.8 Å². The molecule has 0 unspecified atom stereocenters. The van der Waals surface area contributed by atoms with E-state index in [0.717, 1.165) is 50.2 Å². The van der Waals surface area contributed by atoms with Crippen molar-refractivity contribution < 1.29 is 9.47 Å². The molecule has 29 heavy (non-hydrogen) atoms. The Balaban J connectivity index is 1.56. The summed E-state index contributed by atoms with van der Waals surface area (Å²) in [4.78, 5) is 6.79. The summed E-state index contributed by atoms with van der Waals surface area (Å²) in [5.41, 5.74) is 3.59. The van der Waals surface area contributed by atoms with Gasteiger partial charge in [-0.05, 0) is 49.2 Å². The van der Waals surface area contributed by atoms with Crippen LogP contribution in [0, 0.1) is 0 Å². The molecule has 1 aliphatic heterocycles. The molecule has 0 saturated carbocycles. The number of nitrogens with one attached hydrogen (secondary N) is 2. The average molecular weight is 397 g/mol. The second kappa shape index (κ2) is 10.8. The fraction of sp³-hybridized carbons (Fsp3) is 0.435. The van der Waals surface area contributed by atoms with Crippen LogP contribution in [-0.2, 0) is 17.8 Å². The van der Waals surface area contributed by atoms with Crippen LogP contribution in [0.2, 0.25) is 0 Å². The Kier molecular flexibility index (Phi) is 7.90. The van der Waals surface area contributed by atoms with E-state index in [1.807, 2.05) is 38.1 Å². The maximum Gasteiger partial charge on any atom is 0.195 e. The zero-order valence-electron chi connectivity index (χ0n) is 17.6. The van der Waals surface area contributed by atoms with Gasteiger partial charge in [-0.2, -0.15) is 0 Å². The number of nitrogens with zero attached hydrogens (tertiary/aromatic N) is 2. The van der Waals surface area contributed by atoms with E-state index in [0.29, 0.717) is 6.54 Å². The van der Waals surface area contributed by atoms with Crippen molar-refractivity contribution in [1.82, 2.24) is 10.2 Å². The molecule has 6 nitrogen and oxygen atoms in total. The smallest absolute Gasteiger partial charge is 0.195 e. The maximum absolute atomic E-state index is 5.70. The molecule has 2 aromatic rings. The van der Waals surface area contributed by atoms with E-state index in [-0.39, 0.29) is 6.10 Å². The number of hydrogen-bond donors (Lipinski definition) is 2. The van der Waals surface area contributed by atoms with Crippen molar-refractivity contribution in [2.75, 3.05) is 38.7 Å². The van der Waals surface area contributed by atoms with Crippen LogP contribution in [0.4, 0.5) is 5.69 Å². The molecule has 0 bridgehead atoms. The Morgan fingerprint density at radius 3 is 2.41 bits per heavy atom. The predicted octanol–water partition coefficient (Wildman–Crippen LogP) is 3.49. The Morgan fingerprint density at radius 2 is 1.76 bits per heavy atom. The number of rotatable bonds is 7. The highest BCUT2D eigenvalue weighted by atomic mass is 16.5. The average Bonchev–Trinajstić information content (AvgIpc) is 2.73. The summed E-state index contributed by atoms with van der Waals surface area (Å²) >= 11 is 0. The first-order valence-corrected chi connectivity index (χ1v) is 10.3. The van der Waals surface area contributed by atoms with Gasteiger partial charge in [0.15, 0.2) is 5.96 Å². The van der Waals surface area contributed by atoms with Crippen molar-refractivity contribution in [2.45, 2.75) is 33.0 Å². The molecule has 1 fully saturated rings. The zero-order valence-corrected chi connectivity index (χ0v) is 17.6. The van der Waals surface area contributed by atoms with Gasteiger partial charge in [0, 0.05) is 38.9 Å². The number of ether oxygens (including phenoxy) is 2. The number of morpholine rings is 1. The summed E-state index contributed by atoms with van der Waals surface area (Å²) in [5, 5.41) is 6.76. The molecule has 0 radical (unpaired) electrons. The molecule has 0 amide bonds. The van der Waals surface area contributed by atoms with E-state index >= 15 is 0 Å². The minimum absolute atomic E-state index is 0.167. The maximum atomic E-state index is 5.70. The summed E-state index contributed by atoms with van der Waals surface area (Å²) in [6.45, 7) is 9.32. The number of aliphatic imine (C=N–C) groups is 1. The van der Waals surface area contributed by atoms with Crippen LogP contribution in [0.15, 0.2) is 53.5 Å². The Morgan fingerprint density at radius 1 is 1.07 bits per heavy atom. The largest absolute Gasteiger partial charge is 0.491 e. The lowest BCUT2D eigenvalue weighted by Gasteiger charge is -2.27. The van der Waals surface area contributed by atoms with Crippen molar-refractivity contribution >= 4 is 11.6 Å². The van der Waals surface area contributed by atoms with Crippen LogP contribution in [0.1, 0.15) is 25.0 Å². The van der Waals surface area contributed by atoms with Gasteiger partial charge < -0.3 is 20.1 Å². The van der Waals surface area contributed by atoms with E-state index in [4.69, 9.17) is 9.47 Å². The van der Waals surface area contributed by atoms with Crippen LogP contribution in [0.3, 0.4) is 0 Å². The third kappa shape index (κ3) is 6.76. The van der Waals surface area contributed by atoms with Gasteiger partial charge in [-0.15, -0.1) is 0 Å². The van der Waals surface area contributed by atoms with Gasteiger partial charge in [0.05, 0.1) is 19.3 Å². The molecule has 1 saturated heterocycles. The van der Waals surface area contributed by atoms with E-state index in [9.17, 15) is 0 Å². The SMILES string of the molecule is CN=C(NCc1ccccc1CN1CCOCC1)Nc1ccc(OC(C)C)cc1. The minimum atomic E-state index is 0.167. The molecule has 0 atom stereocenters. The molecule has 2 N–H and O–H groups in total. The molecule has 1 aliphatic rings. The van der Waals surface area contributed by atoms with Gasteiger partial charge in [-0.3, -0.25) is 9.89 Å². The van der Waals surface area contributed by atoms with Gasteiger partial charge in [0.25, 0.3) is 0 Å². The highest BCUT2D eigenvalue weighted by Gasteiger charge is 2.13. The minimum Gasteiger partial charge on any atom is -0.491 e. The van der Waals surface area contributed by atoms with Crippen molar-refractivity contribution in [3.63, 3.8) is 0 Å². The summed E-state index contributed by atoms with van der Waals surface area (Å²) in [5.74, 6) is 1.61. The van der Waals surface area contributed by atoms with Gasteiger partial charge in [-0.1, -0.05) is 24.3 Å². The van der Waals surface area contributed by atoms with Gasteiger partial charge in [0.1, 0.15) is 5.75 Å². The molecule has 0 spiro atoms. The second-order valence-electron chi connectivity index (χ2n) is 7.40. The molecule has 6 heteroatoms. The lowest BCUT2D eigenvalue weighted by molar-refractivity contribution is 0.0341. The monoisotopic (exact) mass is 396 g/mol. The number of hydrogen-bond acceptors (Lipinski definition) is 4. The van der Waals surface area contributed by atoms with Crippen molar-refractivity contribution in [2.24, 2.45) is 4.99 Å². The van der Waals surface area contributed by atoms with Gasteiger partial charge in [0.2, 0.25) is 0 Å².